The van der Waals surface area contributed by atoms with Crippen LogP contribution in [0, 0.1) is 42.4 Å². The molecule has 2 nitrogen and oxygen atoms in total. The Hall–Kier alpha value is -4.80. The fourth-order valence-electron chi connectivity index (χ4n) is 17.7. The van der Waals surface area contributed by atoms with Gasteiger partial charge in [-0.3, -0.25) is 0 Å². The first-order valence-electron chi connectivity index (χ1n) is 24.6. The number of anilines is 6. The second-order valence-electron chi connectivity index (χ2n) is 22.8. The molecule has 8 aliphatic carbocycles. The molecule has 62 heavy (non-hydrogen) atoms. The van der Waals surface area contributed by atoms with Gasteiger partial charge in [0.2, 0.25) is 0 Å². The molecule has 8 fully saturated rings. The van der Waals surface area contributed by atoms with Crippen molar-refractivity contribution in [1.29, 1.82) is 0 Å². The molecule has 0 atom stereocenters. The highest BCUT2D eigenvalue weighted by Gasteiger charge is 2.55. The highest BCUT2D eigenvalue weighted by Crippen LogP contribution is 2.62. The molecule has 4 heteroatoms. The maximum atomic E-state index is 2.69. The molecule has 8 saturated carbocycles. The Morgan fingerprint density at radius 2 is 0.855 bits per heavy atom. The van der Waals surface area contributed by atoms with Crippen LogP contribution in [0.15, 0.2) is 127 Å². The van der Waals surface area contributed by atoms with Gasteiger partial charge in [-0.05, 0) is 217 Å². The van der Waals surface area contributed by atoms with Crippen LogP contribution in [-0.4, -0.2) is 14.8 Å². The van der Waals surface area contributed by atoms with E-state index in [1.54, 1.807) is 32.4 Å². The number of aryl methyl sites for hydroxylation is 1. The first-order chi connectivity index (χ1) is 30.3. The zero-order chi connectivity index (χ0) is 40.7. The lowest BCUT2D eigenvalue weighted by atomic mass is 9.33. The van der Waals surface area contributed by atoms with Gasteiger partial charge >= 0.3 is 0 Å². The minimum Gasteiger partial charge on any atom is -0.311 e. The van der Waals surface area contributed by atoms with Gasteiger partial charge in [-0.15, -0.1) is 0 Å². The van der Waals surface area contributed by atoms with Gasteiger partial charge in [0.05, 0.1) is 0 Å². The summed E-state index contributed by atoms with van der Waals surface area (Å²) in [6, 6.07) is 51.7. The van der Waals surface area contributed by atoms with Crippen LogP contribution in [0.2, 0.25) is 6.55 Å². The van der Waals surface area contributed by atoms with Crippen molar-refractivity contribution in [3.8, 4) is 0 Å². The Morgan fingerprint density at radius 1 is 0.452 bits per heavy atom. The summed E-state index contributed by atoms with van der Waals surface area (Å²) in [5, 5.41) is 4.66. The Bertz CT molecular complexity index is 2620. The lowest BCUT2D eigenvalue weighted by Gasteiger charge is -2.57. The summed E-state index contributed by atoms with van der Waals surface area (Å²) in [7, 11) is -2.46. The highest BCUT2D eigenvalue weighted by atomic mass is 28.3. The predicted octanol–water partition coefficient (Wildman–Crippen LogP) is 10.4. The average Bonchev–Trinajstić information content (AvgIpc) is 3.27. The van der Waals surface area contributed by atoms with Crippen LogP contribution in [0.1, 0.15) is 93.7 Å². The zero-order valence-corrected chi connectivity index (χ0v) is 37.5. The molecule has 3 heterocycles. The summed E-state index contributed by atoms with van der Waals surface area (Å²) < 4.78 is 0. The minimum atomic E-state index is -2.46. The Labute approximate surface area is 369 Å². The summed E-state index contributed by atoms with van der Waals surface area (Å²) >= 11 is 0. The van der Waals surface area contributed by atoms with Crippen molar-refractivity contribution in [3.05, 3.63) is 144 Å². The lowest BCUT2D eigenvalue weighted by molar-refractivity contribution is -0.00530. The van der Waals surface area contributed by atoms with Gasteiger partial charge < -0.3 is 9.80 Å². The minimum absolute atomic E-state index is 0.187. The molecule has 3 aliphatic heterocycles. The van der Waals surface area contributed by atoms with Crippen LogP contribution in [-0.2, 0) is 10.8 Å². The van der Waals surface area contributed by atoms with Gasteiger partial charge in [0.1, 0.15) is 8.07 Å². The number of rotatable bonds is 5. The molecular formula is C58H57BN2Si. The summed E-state index contributed by atoms with van der Waals surface area (Å²) in [6.07, 6.45) is 17.4. The van der Waals surface area contributed by atoms with Crippen molar-refractivity contribution >= 4 is 80.9 Å². The van der Waals surface area contributed by atoms with Gasteiger partial charge in [0.15, 0.2) is 0 Å². The van der Waals surface area contributed by atoms with Crippen LogP contribution >= 0.6 is 0 Å². The number of hydrogen-bond donors (Lipinski definition) is 0. The van der Waals surface area contributed by atoms with E-state index < -0.39 is 8.07 Å². The largest absolute Gasteiger partial charge is 0.311 e. The standard InChI is InChI=1S/C58H57BN2Si/c1-36-22-50-54-51(23-36)61(46-20-16-44(17-21-46)58-33-40-27-41(34-58)29-42(28-40)35-58)49-11-7-13-53-56(49)59(54)55-48(10-6-12-52(55)62(53,2)47-8-4-3-5-9-47)60(50)45-18-14-43(15-19-45)57-30-37-24-38(31-57)26-39(25-37)32-57/h3-23,37-42H,24-35H2,1-2H3. The fourth-order valence-corrected chi connectivity index (χ4v) is 22.0. The third-order valence-corrected chi connectivity index (χ3v) is 23.8. The van der Waals surface area contributed by atoms with Crippen LogP contribution in [0.5, 0.6) is 0 Å². The molecule has 0 spiro atoms. The summed E-state index contributed by atoms with van der Waals surface area (Å²) in [6.45, 7) is 5.17. The molecule has 6 aromatic carbocycles. The highest BCUT2D eigenvalue weighted by molar-refractivity contribution is 7.21. The molecule has 0 radical (unpaired) electrons. The third-order valence-electron chi connectivity index (χ3n) is 19.3. The van der Waals surface area contributed by atoms with E-state index in [2.05, 4.69) is 151 Å². The van der Waals surface area contributed by atoms with E-state index in [9.17, 15) is 0 Å². The van der Waals surface area contributed by atoms with Gasteiger partial charge in [0, 0.05) is 34.1 Å². The smallest absolute Gasteiger partial charge is 0.251 e. The van der Waals surface area contributed by atoms with Crippen molar-refractivity contribution in [1.82, 2.24) is 0 Å². The van der Waals surface area contributed by atoms with E-state index >= 15 is 0 Å². The topological polar surface area (TPSA) is 6.48 Å². The molecule has 0 saturated heterocycles. The molecule has 0 amide bonds. The van der Waals surface area contributed by atoms with Crippen LogP contribution in [0.3, 0.4) is 0 Å². The third kappa shape index (κ3) is 4.63. The van der Waals surface area contributed by atoms with Gasteiger partial charge in [-0.25, -0.2) is 0 Å². The molecule has 0 N–H and O–H groups in total. The average molecular weight is 821 g/mol. The number of benzene rings is 6. The summed E-state index contributed by atoms with van der Waals surface area (Å²) in [5.74, 6) is 5.68. The van der Waals surface area contributed by atoms with Crippen molar-refractivity contribution in [2.45, 2.75) is 101 Å². The maximum absolute atomic E-state index is 2.69. The Kier molecular flexibility index (Phi) is 7.05. The predicted molar refractivity (Wildman–Crippen MR) is 262 cm³/mol. The van der Waals surface area contributed by atoms with Gasteiger partial charge in [-0.1, -0.05) is 95.8 Å². The maximum Gasteiger partial charge on any atom is 0.251 e. The summed E-state index contributed by atoms with van der Waals surface area (Å²) in [5.41, 5.74) is 18.0. The molecule has 8 bridgehead atoms. The molecule has 0 unspecified atom stereocenters. The van der Waals surface area contributed by atoms with E-state index in [-0.39, 0.29) is 6.71 Å². The monoisotopic (exact) mass is 820 g/mol. The van der Waals surface area contributed by atoms with Crippen LogP contribution in [0.4, 0.5) is 34.1 Å². The molecule has 306 valence electrons. The quantitative estimate of drug-likeness (QED) is 0.160. The Morgan fingerprint density at radius 3 is 1.26 bits per heavy atom. The van der Waals surface area contributed by atoms with Gasteiger partial charge in [0.25, 0.3) is 6.71 Å². The van der Waals surface area contributed by atoms with Crippen molar-refractivity contribution in [2.75, 3.05) is 9.80 Å². The second-order valence-corrected chi connectivity index (χ2v) is 26.7. The van der Waals surface area contributed by atoms with Crippen molar-refractivity contribution in [2.24, 2.45) is 35.5 Å². The van der Waals surface area contributed by atoms with E-state index in [0.717, 1.165) is 35.5 Å². The molecule has 6 aromatic rings. The number of nitrogens with zero attached hydrogens (tertiary/aromatic N) is 2. The summed E-state index contributed by atoms with van der Waals surface area (Å²) in [4.78, 5) is 5.38. The molecule has 11 aliphatic rings. The van der Waals surface area contributed by atoms with E-state index in [4.69, 9.17) is 0 Å². The van der Waals surface area contributed by atoms with E-state index in [1.807, 2.05) is 0 Å². The zero-order valence-electron chi connectivity index (χ0n) is 36.5. The van der Waals surface area contributed by atoms with E-state index in [1.165, 1.54) is 127 Å². The fraction of sp³-hybridized carbons (Fsp3) is 0.379. The van der Waals surface area contributed by atoms with Crippen LogP contribution < -0.4 is 41.7 Å². The van der Waals surface area contributed by atoms with E-state index in [0.29, 0.717) is 10.8 Å². The van der Waals surface area contributed by atoms with Crippen molar-refractivity contribution < 1.29 is 0 Å². The molecular weight excluding hydrogens is 764 g/mol. The normalized spacial score (nSPS) is 33.3. The number of hydrogen-bond acceptors (Lipinski definition) is 2. The van der Waals surface area contributed by atoms with Gasteiger partial charge in [-0.2, -0.15) is 0 Å². The molecule has 17 rings (SSSR count). The second kappa shape index (κ2) is 12.3. The first-order valence-corrected chi connectivity index (χ1v) is 27.1. The lowest BCUT2D eigenvalue weighted by Crippen LogP contribution is -2.83. The Balaban J connectivity index is 0.935. The van der Waals surface area contributed by atoms with Crippen LogP contribution in [0.25, 0.3) is 0 Å². The van der Waals surface area contributed by atoms with Crippen molar-refractivity contribution in [3.63, 3.8) is 0 Å². The molecule has 0 aromatic heterocycles. The SMILES string of the molecule is Cc1cc2c3c(c1)N(c1ccc(C45CC6CC(CC(C6)C4)C5)cc1)c1cccc4c1B3c1c(cccc1[Si]4(C)c1ccccc1)N2c1ccc(C23CC4CC(CC(C4)C2)C3)cc1. The first kappa shape index (κ1) is 35.6.